The predicted octanol–water partition coefficient (Wildman–Crippen LogP) is 3.66. The smallest absolute Gasteiger partial charge is 0.456 e. The van der Waals surface area contributed by atoms with Crippen LogP contribution in [0.5, 0.6) is 0 Å². The van der Waals surface area contributed by atoms with Crippen LogP contribution < -0.4 is 0 Å². The number of carbonyl (C=O) groups excluding carboxylic acids is 3. The summed E-state index contributed by atoms with van der Waals surface area (Å²) in [6.07, 6.45) is -6.71. The molecular formula is C17H25F5O6. The minimum Gasteiger partial charge on any atom is -0.463 e. The largest absolute Gasteiger partial charge is 0.463 e. The Bertz CT molecular complexity index is 571. The van der Waals surface area contributed by atoms with E-state index in [0.717, 1.165) is 13.8 Å². The molecule has 0 aromatic heterocycles. The van der Waals surface area contributed by atoms with Crippen molar-refractivity contribution in [2.24, 2.45) is 11.8 Å². The molecule has 0 heterocycles. The maximum Gasteiger partial charge on any atom is 0.456 e. The van der Waals surface area contributed by atoms with Gasteiger partial charge in [-0.15, -0.1) is 0 Å². The van der Waals surface area contributed by atoms with E-state index in [1.54, 1.807) is 0 Å². The third-order valence-corrected chi connectivity index (χ3v) is 3.57. The van der Waals surface area contributed by atoms with Gasteiger partial charge in [0.15, 0.2) is 6.61 Å². The van der Waals surface area contributed by atoms with E-state index in [1.165, 1.54) is 27.7 Å². The van der Waals surface area contributed by atoms with Gasteiger partial charge in [-0.1, -0.05) is 6.92 Å². The zero-order valence-corrected chi connectivity index (χ0v) is 16.5. The Morgan fingerprint density at radius 1 is 0.929 bits per heavy atom. The molecule has 0 aliphatic carbocycles. The van der Waals surface area contributed by atoms with Gasteiger partial charge in [-0.3, -0.25) is 14.4 Å². The Kier molecular flexibility index (Phi) is 8.85. The van der Waals surface area contributed by atoms with E-state index in [1.807, 2.05) is 0 Å². The molecule has 11 heteroatoms. The summed E-state index contributed by atoms with van der Waals surface area (Å²) in [6, 6.07) is 0. The summed E-state index contributed by atoms with van der Waals surface area (Å²) in [7, 11) is 0. The van der Waals surface area contributed by atoms with Crippen molar-refractivity contribution < 1.29 is 50.5 Å². The van der Waals surface area contributed by atoms with Gasteiger partial charge in [-0.2, -0.15) is 22.0 Å². The molecule has 0 saturated heterocycles. The van der Waals surface area contributed by atoms with Crippen LogP contribution in [-0.4, -0.2) is 48.3 Å². The fourth-order valence-electron chi connectivity index (χ4n) is 2.28. The molecule has 0 spiro atoms. The fraction of sp³-hybridized carbons (Fsp3) is 0.824. The lowest BCUT2D eigenvalue weighted by Crippen LogP contribution is -2.43. The third kappa shape index (κ3) is 8.39. The van der Waals surface area contributed by atoms with Crippen LogP contribution in [0.2, 0.25) is 0 Å². The molecule has 0 rings (SSSR count). The normalized spacial score (nSPS) is 15.0. The molecular weight excluding hydrogens is 395 g/mol. The summed E-state index contributed by atoms with van der Waals surface area (Å²) in [4.78, 5) is 35.5. The fourth-order valence-corrected chi connectivity index (χ4v) is 2.28. The highest BCUT2D eigenvalue weighted by molar-refractivity contribution is 5.82. The van der Waals surface area contributed by atoms with Crippen molar-refractivity contribution in [3.8, 4) is 0 Å². The molecule has 6 nitrogen and oxygen atoms in total. The topological polar surface area (TPSA) is 78.9 Å². The number of alkyl halides is 5. The average molecular weight is 420 g/mol. The summed E-state index contributed by atoms with van der Waals surface area (Å²) >= 11 is 0. The lowest BCUT2D eigenvalue weighted by atomic mass is 9.84. The highest BCUT2D eigenvalue weighted by Gasteiger charge is 2.58. The molecule has 28 heavy (non-hydrogen) atoms. The van der Waals surface area contributed by atoms with Crippen molar-refractivity contribution >= 4 is 17.9 Å². The second-order valence-electron chi connectivity index (χ2n) is 7.25. The zero-order valence-electron chi connectivity index (χ0n) is 16.5. The van der Waals surface area contributed by atoms with E-state index in [9.17, 15) is 36.3 Å². The number of hydrogen-bond donors (Lipinski definition) is 0. The van der Waals surface area contributed by atoms with Crippen molar-refractivity contribution in [2.45, 2.75) is 71.8 Å². The van der Waals surface area contributed by atoms with Crippen molar-refractivity contribution in [3.63, 3.8) is 0 Å². The first kappa shape index (κ1) is 26.1. The first-order valence-corrected chi connectivity index (χ1v) is 8.41. The number of halogens is 5. The maximum atomic E-state index is 12.9. The Morgan fingerprint density at radius 2 is 1.43 bits per heavy atom. The Labute approximate surface area is 159 Å². The van der Waals surface area contributed by atoms with Crippen molar-refractivity contribution in [3.05, 3.63) is 0 Å². The van der Waals surface area contributed by atoms with Gasteiger partial charge in [0.1, 0.15) is 5.60 Å². The van der Waals surface area contributed by atoms with Crippen LogP contribution in [0.1, 0.15) is 48.0 Å². The van der Waals surface area contributed by atoms with E-state index in [4.69, 9.17) is 9.47 Å². The van der Waals surface area contributed by atoms with Crippen LogP contribution in [0.25, 0.3) is 0 Å². The van der Waals surface area contributed by atoms with Gasteiger partial charge in [0, 0.05) is 13.3 Å². The average Bonchev–Trinajstić information content (AvgIpc) is 2.46. The van der Waals surface area contributed by atoms with Gasteiger partial charge in [0.25, 0.3) is 0 Å². The first-order chi connectivity index (χ1) is 12.4. The first-order valence-electron chi connectivity index (χ1n) is 8.41. The molecule has 0 N–H and O–H groups in total. The molecule has 0 amide bonds. The number of carbonyl (C=O) groups is 3. The van der Waals surface area contributed by atoms with E-state index < -0.39 is 60.2 Å². The molecule has 0 bridgehead atoms. The molecule has 0 aromatic carbocycles. The van der Waals surface area contributed by atoms with Crippen molar-refractivity contribution in [1.29, 1.82) is 0 Å². The maximum absolute atomic E-state index is 12.9. The molecule has 0 radical (unpaired) electrons. The predicted molar refractivity (Wildman–Crippen MR) is 86.3 cm³/mol. The lowest BCUT2D eigenvalue weighted by molar-refractivity contribution is -0.294. The quantitative estimate of drug-likeness (QED) is 0.322. The van der Waals surface area contributed by atoms with Gasteiger partial charge in [-0.25, -0.2) is 0 Å². The summed E-state index contributed by atoms with van der Waals surface area (Å²) in [5.41, 5.74) is -1.24. The molecule has 0 saturated carbocycles. The third-order valence-electron chi connectivity index (χ3n) is 3.57. The summed E-state index contributed by atoms with van der Waals surface area (Å²) in [6.45, 7) is 5.99. The van der Waals surface area contributed by atoms with Crippen molar-refractivity contribution in [2.75, 3.05) is 6.61 Å². The summed E-state index contributed by atoms with van der Waals surface area (Å²) in [5.74, 6) is -11.0. The van der Waals surface area contributed by atoms with E-state index >= 15 is 0 Å². The molecule has 0 aromatic rings. The number of hydrogen-bond acceptors (Lipinski definition) is 6. The number of ether oxygens (including phenoxy) is 3. The minimum atomic E-state index is -5.89. The van der Waals surface area contributed by atoms with Gasteiger partial charge >= 0.3 is 30.0 Å². The minimum absolute atomic E-state index is 0.246. The second-order valence-corrected chi connectivity index (χ2v) is 7.25. The van der Waals surface area contributed by atoms with Crippen LogP contribution in [0, 0.1) is 11.8 Å². The Hall–Kier alpha value is -1.94. The monoisotopic (exact) mass is 420 g/mol. The molecule has 164 valence electrons. The molecule has 0 aliphatic heterocycles. The van der Waals surface area contributed by atoms with Gasteiger partial charge in [-0.05, 0) is 27.7 Å². The van der Waals surface area contributed by atoms with Crippen molar-refractivity contribution in [1.82, 2.24) is 0 Å². The summed E-state index contributed by atoms with van der Waals surface area (Å²) < 4.78 is 76.6. The molecule has 2 unspecified atom stereocenters. The summed E-state index contributed by atoms with van der Waals surface area (Å²) in [5, 5.41) is 0. The van der Waals surface area contributed by atoms with E-state index in [-0.39, 0.29) is 6.42 Å². The number of esters is 3. The van der Waals surface area contributed by atoms with E-state index in [2.05, 4.69) is 4.74 Å². The molecule has 0 aliphatic rings. The Morgan fingerprint density at radius 3 is 1.82 bits per heavy atom. The highest BCUT2D eigenvalue weighted by Crippen LogP contribution is 2.36. The van der Waals surface area contributed by atoms with Crippen LogP contribution >= 0.6 is 0 Å². The highest BCUT2D eigenvalue weighted by atomic mass is 19.4. The molecule has 0 fully saturated rings. The second kappa shape index (κ2) is 9.51. The van der Waals surface area contributed by atoms with Gasteiger partial charge in [0.05, 0.1) is 17.9 Å². The number of rotatable bonds is 9. The SMILES string of the molecule is CC(=O)OC(C)(C)CC(C(=O)OC(C)C)C(C)C(=O)OCC(F)(F)C(F)(F)F. The zero-order chi connectivity index (χ0) is 22.5. The Balaban J connectivity index is 5.39. The van der Waals surface area contributed by atoms with Gasteiger partial charge in [0.2, 0.25) is 0 Å². The van der Waals surface area contributed by atoms with Gasteiger partial charge < -0.3 is 14.2 Å². The van der Waals surface area contributed by atoms with Crippen LogP contribution in [0.15, 0.2) is 0 Å². The van der Waals surface area contributed by atoms with Crippen LogP contribution in [0.4, 0.5) is 22.0 Å². The van der Waals surface area contributed by atoms with E-state index in [0.29, 0.717) is 0 Å². The molecule has 2 atom stereocenters. The standard InChI is InChI=1S/C17H25F5O6/c1-9(2)27-14(25)12(7-15(5,6)28-11(4)23)10(3)13(24)26-8-16(18,19)17(20,21)22/h9-10,12H,7-8H2,1-6H3. The van der Waals surface area contributed by atoms with Crippen LogP contribution in [-0.2, 0) is 28.6 Å². The van der Waals surface area contributed by atoms with Crippen LogP contribution in [0.3, 0.4) is 0 Å². The lowest BCUT2D eigenvalue weighted by Gasteiger charge is -2.31.